The van der Waals surface area contributed by atoms with Gasteiger partial charge in [-0.15, -0.1) is 0 Å². The van der Waals surface area contributed by atoms with Crippen LogP contribution in [-0.4, -0.2) is 48.0 Å². The maximum Gasteiger partial charge on any atom is 0.338 e. The number of hydrogen-bond acceptors (Lipinski definition) is 5. The zero-order chi connectivity index (χ0) is 20.0. The number of amides is 2. The van der Waals surface area contributed by atoms with Gasteiger partial charge in [-0.2, -0.15) is 0 Å². The molecule has 27 heavy (non-hydrogen) atoms. The van der Waals surface area contributed by atoms with Crippen LogP contribution in [0.15, 0.2) is 42.5 Å². The predicted molar refractivity (Wildman–Crippen MR) is 101 cm³/mol. The number of nitrogens with one attached hydrogen (secondary N) is 1. The maximum absolute atomic E-state index is 12.1. The van der Waals surface area contributed by atoms with Crippen LogP contribution in [0.25, 0.3) is 0 Å². The van der Waals surface area contributed by atoms with Gasteiger partial charge in [-0.3, -0.25) is 9.59 Å². The molecule has 0 aromatic heterocycles. The number of carbonyl (C=O) groups is 3. The number of esters is 1. The van der Waals surface area contributed by atoms with Crippen LogP contribution < -0.4 is 5.32 Å². The van der Waals surface area contributed by atoms with E-state index in [0.29, 0.717) is 5.69 Å². The summed E-state index contributed by atoms with van der Waals surface area (Å²) in [5.74, 6) is -1.50. The van der Waals surface area contributed by atoms with Crippen molar-refractivity contribution in [3.8, 4) is 5.75 Å². The molecule has 2 rings (SSSR count). The van der Waals surface area contributed by atoms with Gasteiger partial charge in [-0.1, -0.05) is 12.1 Å². The molecule has 7 nitrogen and oxygen atoms in total. The number of anilines is 1. The normalized spacial score (nSPS) is 10.2. The molecule has 2 aromatic rings. The van der Waals surface area contributed by atoms with Gasteiger partial charge in [0.05, 0.1) is 12.1 Å². The summed E-state index contributed by atoms with van der Waals surface area (Å²) in [6, 6.07) is 11.2. The minimum absolute atomic E-state index is 0.0252. The van der Waals surface area contributed by atoms with E-state index >= 15 is 0 Å². The summed E-state index contributed by atoms with van der Waals surface area (Å²) in [6.45, 7) is 3.16. The lowest BCUT2D eigenvalue weighted by atomic mass is 10.1. The number of rotatable bonds is 6. The largest absolute Gasteiger partial charge is 0.508 e. The SMILES string of the molecule is Cc1ccc(C)c(NC(=O)CN(C)C(=O)COC(=O)c2ccc(O)cc2)c1. The first-order valence-corrected chi connectivity index (χ1v) is 8.33. The maximum atomic E-state index is 12.1. The van der Waals surface area contributed by atoms with Gasteiger partial charge in [-0.05, 0) is 55.3 Å². The molecule has 0 aliphatic rings. The molecule has 0 fully saturated rings. The molecule has 0 saturated heterocycles. The van der Waals surface area contributed by atoms with Gasteiger partial charge in [-0.25, -0.2) is 4.79 Å². The Balaban J connectivity index is 1.84. The second-order valence-corrected chi connectivity index (χ2v) is 6.24. The molecule has 0 spiro atoms. The van der Waals surface area contributed by atoms with Gasteiger partial charge >= 0.3 is 5.97 Å². The van der Waals surface area contributed by atoms with Crippen LogP contribution >= 0.6 is 0 Å². The predicted octanol–water partition coefficient (Wildman–Crippen LogP) is 2.26. The number of phenols is 1. The molecule has 0 heterocycles. The zero-order valence-corrected chi connectivity index (χ0v) is 15.5. The van der Waals surface area contributed by atoms with Gasteiger partial charge in [0.1, 0.15) is 5.75 Å². The molecular weight excluding hydrogens is 348 g/mol. The number of nitrogens with zero attached hydrogens (tertiary/aromatic N) is 1. The highest BCUT2D eigenvalue weighted by Gasteiger charge is 2.16. The average Bonchev–Trinajstić information content (AvgIpc) is 2.62. The van der Waals surface area contributed by atoms with Crippen molar-refractivity contribution in [3.63, 3.8) is 0 Å². The van der Waals surface area contributed by atoms with Crippen LogP contribution in [0.3, 0.4) is 0 Å². The third-order valence-corrected chi connectivity index (χ3v) is 3.90. The number of phenolic OH excluding ortho intramolecular Hbond substituents is 1. The first kappa shape index (κ1) is 20.0. The molecule has 2 amide bonds. The third kappa shape index (κ3) is 5.85. The molecule has 7 heteroatoms. The van der Waals surface area contributed by atoms with E-state index in [1.807, 2.05) is 32.0 Å². The summed E-state index contributed by atoms with van der Waals surface area (Å²) in [7, 11) is 1.46. The van der Waals surface area contributed by atoms with Crippen molar-refractivity contribution >= 4 is 23.5 Å². The van der Waals surface area contributed by atoms with E-state index in [-0.39, 0.29) is 23.8 Å². The molecular formula is C20H22N2O5. The number of ether oxygens (including phenoxy) is 1. The van der Waals surface area contributed by atoms with Crippen LogP contribution in [0.4, 0.5) is 5.69 Å². The van der Waals surface area contributed by atoms with Gasteiger partial charge in [0.15, 0.2) is 6.61 Å². The molecule has 2 aromatic carbocycles. The minimum atomic E-state index is -0.684. The first-order valence-electron chi connectivity index (χ1n) is 8.33. The van der Waals surface area contributed by atoms with Gasteiger partial charge in [0.25, 0.3) is 5.91 Å². The average molecular weight is 370 g/mol. The highest BCUT2D eigenvalue weighted by Crippen LogP contribution is 2.16. The highest BCUT2D eigenvalue weighted by molar-refractivity contribution is 5.96. The van der Waals surface area contributed by atoms with Gasteiger partial charge in [0.2, 0.25) is 5.91 Å². The van der Waals surface area contributed by atoms with Gasteiger partial charge in [0, 0.05) is 12.7 Å². The lowest BCUT2D eigenvalue weighted by molar-refractivity contribution is -0.136. The Bertz CT molecular complexity index is 846. The highest BCUT2D eigenvalue weighted by atomic mass is 16.5. The molecule has 0 radical (unpaired) electrons. The number of carbonyl (C=O) groups excluding carboxylic acids is 3. The fourth-order valence-electron chi connectivity index (χ4n) is 2.28. The number of likely N-dealkylation sites (N-methyl/N-ethyl adjacent to an activating group) is 1. The Morgan fingerprint density at radius 2 is 1.74 bits per heavy atom. The molecule has 0 bridgehead atoms. The molecule has 0 aliphatic heterocycles. The number of aryl methyl sites for hydroxylation is 2. The third-order valence-electron chi connectivity index (χ3n) is 3.90. The molecule has 2 N–H and O–H groups in total. The van der Waals surface area contributed by atoms with E-state index in [9.17, 15) is 19.5 Å². The number of hydrogen-bond donors (Lipinski definition) is 2. The topological polar surface area (TPSA) is 95.9 Å². The Morgan fingerprint density at radius 1 is 1.07 bits per heavy atom. The smallest absolute Gasteiger partial charge is 0.338 e. The van der Waals surface area contributed by atoms with Crippen LogP contribution in [0, 0.1) is 13.8 Å². The Morgan fingerprint density at radius 3 is 2.41 bits per heavy atom. The fraction of sp³-hybridized carbons (Fsp3) is 0.250. The lowest BCUT2D eigenvalue weighted by Crippen LogP contribution is -2.37. The van der Waals surface area contributed by atoms with E-state index in [0.717, 1.165) is 11.1 Å². The van der Waals surface area contributed by atoms with Crippen molar-refractivity contribution in [2.75, 3.05) is 25.5 Å². The summed E-state index contributed by atoms with van der Waals surface area (Å²) >= 11 is 0. The molecule has 142 valence electrons. The molecule has 0 aliphatic carbocycles. The summed E-state index contributed by atoms with van der Waals surface area (Å²) in [6.07, 6.45) is 0. The van der Waals surface area contributed by atoms with E-state index < -0.39 is 18.5 Å². The summed E-state index contributed by atoms with van der Waals surface area (Å²) in [4.78, 5) is 37.3. The summed E-state index contributed by atoms with van der Waals surface area (Å²) in [5, 5.41) is 12.0. The van der Waals surface area contributed by atoms with Crippen LogP contribution in [0.1, 0.15) is 21.5 Å². The summed E-state index contributed by atoms with van der Waals surface area (Å²) < 4.78 is 4.94. The lowest BCUT2D eigenvalue weighted by Gasteiger charge is -2.17. The molecule has 0 atom stereocenters. The van der Waals surface area contributed by atoms with E-state index in [4.69, 9.17) is 4.74 Å². The zero-order valence-electron chi connectivity index (χ0n) is 15.5. The monoisotopic (exact) mass is 370 g/mol. The van der Waals surface area contributed by atoms with Crippen molar-refractivity contribution in [1.82, 2.24) is 4.90 Å². The van der Waals surface area contributed by atoms with Crippen molar-refractivity contribution in [2.45, 2.75) is 13.8 Å². The van der Waals surface area contributed by atoms with Crippen molar-refractivity contribution < 1.29 is 24.2 Å². The quantitative estimate of drug-likeness (QED) is 0.761. The van der Waals surface area contributed by atoms with Gasteiger partial charge < -0.3 is 20.1 Å². The molecule has 0 unspecified atom stereocenters. The minimum Gasteiger partial charge on any atom is -0.508 e. The van der Waals surface area contributed by atoms with Crippen LogP contribution in [-0.2, 0) is 14.3 Å². The van der Waals surface area contributed by atoms with Crippen LogP contribution in [0.2, 0.25) is 0 Å². The van der Waals surface area contributed by atoms with Crippen molar-refractivity contribution in [3.05, 3.63) is 59.2 Å². The Hall–Kier alpha value is -3.35. The fourth-order valence-corrected chi connectivity index (χ4v) is 2.28. The second-order valence-electron chi connectivity index (χ2n) is 6.24. The Labute approximate surface area is 157 Å². The van der Waals surface area contributed by atoms with E-state index in [1.54, 1.807) is 0 Å². The van der Waals surface area contributed by atoms with E-state index in [2.05, 4.69) is 5.32 Å². The van der Waals surface area contributed by atoms with E-state index in [1.165, 1.54) is 36.2 Å². The van der Waals surface area contributed by atoms with Crippen molar-refractivity contribution in [1.29, 1.82) is 0 Å². The summed E-state index contributed by atoms with van der Waals surface area (Å²) in [5.41, 5.74) is 2.85. The second kappa shape index (κ2) is 8.84. The first-order chi connectivity index (χ1) is 12.8. The Kier molecular flexibility index (Phi) is 6.54. The van der Waals surface area contributed by atoms with Crippen LogP contribution in [0.5, 0.6) is 5.75 Å². The molecule has 0 saturated carbocycles. The number of aromatic hydroxyl groups is 1. The standard InChI is InChI=1S/C20H22N2O5/c1-13-4-5-14(2)17(10-13)21-18(24)11-22(3)19(25)12-27-20(26)15-6-8-16(23)9-7-15/h4-10,23H,11-12H2,1-3H3,(H,21,24). The van der Waals surface area contributed by atoms with Crippen molar-refractivity contribution in [2.24, 2.45) is 0 Å². The number of benzene rings is 2.